The molecule has 0 aromatic carbocycles. The summed E-state index contributed by atoms with van der Waals surface area (Å²) in [4.78, 5) is 0. The summed E-state index contributed by atoms with van der Waals surface area (Å²) in [5.41, 5.74) is 0. The van der Waals surface area contributed by atoms with Gasteiger partial charge in [0.05, 0.1) is 6.10 Å². The normalized spacial score (nSPS) is 27.8. The van der Waals surface area contributed by atoms with E-state index in [4.69, 9.17) is 0 Å². The van der Waals surface area contributed by atoms with E-state index in [0.717, 1.165) is 30.9 Å². The first kappa shape index (κ1) is 11.1. The van der Waals surface area contributed by atoms with Gasteiger partial charge in [0.25, 0.3) is 0 Å². The van der Waals surface area contributed by atoms with Crippen LogP contribution in [0.15, 0.2) is 12.7 Å². The van der Waals surface area contributed by atoms with Crippen molar-refractivity contribution in [3.63, 3.8) is 0 Å². The van der Waals surface area contributed by atoms with Crippen LogP contribution in [0, 0.1) is 0 Å². The monoisotopic (exact) mass is 201 g/mol. The number of rotatable bonds is 6. The molecule has 1 aliphatic rings. The Hall–Kier alpha value is 0.01000. The van der Waals surface area contributed by atoms with Crippen molar-refractivity contribution in [3.05, 3.63) is 12.7 Å². The van der Waals surface area contributed by atoms with Gasteiger partial charge in [-0.3, -0.25) is 0 Å². The van der Waals surface area contributed by atoms with Crippen LogP contribution in [0.2, 0.25) is 0 Å². The van der Waals surface area contributed by atoms with Crippen LogP contribution in [0.5, 0.6) is 0 Å². The van der Waals surface area contributed by atoms with Gasteiger partial charge in [0.2, 0.25) is 0 Å². The Morgan fingerprint density at radius 3 is 3.00 bits per heavy atom. The molecule has 0 amide bonds. The molecule has 13 heavy (non-hydrogen) atoms. The molecule has 2 atom stereocenters. The van der Waals surface area contributed by atoms with Gasteiger partial charge in [-0.25, -0.2) is 0 Å². The first-order valence-corrected chi connectivity index (χ1v) is 6.10. The Morgan fingerprint density at radius 1 is 1.54 bits per heavy atom. The zero-order valence-corrected chi connectivity index (χ0v) is 8.85. The zero-order valence-electron chi connectivity index (χ0n) is 8.04. The van der Waals surface area contributed by atoms with Crippen LogP contribution in [-0.2, 0) is 0 Å². The van der Waals surface area contributed by atoms with Crippen molar-refractivity contribution in [2.45, 2.75) is 31.4 Å². The van der Waals surface area contributed by atoms with Crippen molar-refractivity contribution < 1.29 is 5.11 Å². The predicted molar refractivity (Wildman–Crippen MR) is 59.2 cm³/mol. The second kappa shape index (κ2) is 6.46. The van der Waals surface area contributed by atoms with E-state index in [1.54, 1.807) is 0 Å². The van der Waals surface area contributed by atoms with Crippen molar-refractivity contribution in [1.29, 1.82) is 0 Å². The lowest BCUT2D eigenvalue weighted by Crippen LogP contribution is -2.36. The van der Waals surface area contributed by atoms with Gasteiger partial charge in [0.15, 0.2) is 0 Å². The van der Waals surface area contributed by atoms with E-state index in [1.807, 2.05) is 17.8 Å². The van der Waals surface area contributed by atoms with Crippen LogP contribution < -0.4 is 5.32 Å². The van der Waals surface area contributed by atoms with E-state index >= 15 is 0 Å². The van der Waals surface area contributed by atoms with Gasteiger partial charge in [-0.05, 0) is 19.3 Å². The number of thioether (sulfide) groups is 1. The molecule has 2 nitrogen and oxygen atoms in total. The van der Waals surface area contributed by atoms with E-state index in [9.17, 15) is 5.11 Å². The van der Waals surface area contributed by atoms with Crippen molar-refractivity contribution in [3.8, 4) is 0 Å². The lowest BCUT2D eigenvalue weighted by Gasteiger charge is -2.15. The van der Waals surface area contributed by atoms with Crippen LogP contribution in [-0.4, -0.2) is 35.3 Å². The molecule has 0 aromatic heterocycles. The van der Waals surface area contributed by atoms with Gasteiger partial charge in [-0.2, -0.15) is 11.8 Å². The van der Waals surface area contributed by atoms with Crippen molar-refractivity contribution >= 4 is 11.8 Å². The average Bonchev–Trinajstić information content (AvgIpc) is 2.52. The number of aliphatic hydroxyl groups excluding tert-OH is 1. The van der Waals surface area contributed by atoms with E-state index in [0.29, 0.717) is 6.04 Å². The highest BCUT2D eigenvalue weighted by atomic mass is 32.2. The summed E-state index contributed by atoms with van der Waals surface area (Å²) >= 11 is 1.88. The highest BCUT2D eigenvalue weighted by Gasteiger charge is 2.23. The fourth-order valence-corrected chi connectivity index (χ4v) is 2.26. The fraction of sp³-hybridized carbons (Fsp3) is 0.800. The number of aliphatic hydroxyl groups is 1. The van der Waals surface area contributed by atoms with Crippen LogP contribution in [0.1, 0.15) is 19.3 Å². The lowest BCUT2D eigenvalue weighted by atomic mass is 10.2. The van der Waals surface area contributed by atoms with Gasteiger partial charge >= 0.3 is 0 Å². The molecule has 0 aliphatic heterocycles. The summed E-state index contributed by atoms with van der Waals surface area (Å²) in [5, 5.41) is 12.9. The maximum absolute atomic E-state index is 9.51. The van der Waals surface area contributed by atoms with E-state index < -0.39 is 0 Å². The van der Waals surface area contributed by atoms with Crippen LogP contribution >= 0.6 is 11.8 Å². The SMILES string of the molecule is C=CCSCCNC1CCCC1O. The predicted octanol–water partition coefficient (Wildman–Crippen LogP) is 1.41. The maximum atomic E-state index is 9.51. The second-order valence-electron chi connectivity index (χ2n) is 3.42. The summed E-state index contributed by atoms with van der Waals surface area (Å²) < 4.78 is 0. The van der Waals surface area contributed by atoms with Crippen molar-refractivity contribution in [2.24, 2.45) is 0 Å². The van der Waals surface area contributed by atoms with Gasteiger partial charge in [0.1, 0.15) is 0 Å². The Kier molecular flexibility index (Phi) is 5.51. The molecule has 0 spiro atoms. The molecule has 1 aliphatic carbocycles. The molecule has 1 rings (SSSR count). The number of hydrogen-bond acceptors (Lipinski definition) is 3. The van der Waals surface area contributed by atoms with Gasteiger partial charge in [0, 0.05) is 24.1 Å². The summed E-state index contributed by atoms with van der Waals surface area (Å²) in [7, 11) is 0. The Balaban J connectivity index is 1.95. The third-order valence-electron chi connectivity index (χ3n) is 2.37. The Labute approximate surface area is 84.8 Å². The summed E-state index contributed by atoms with van der Waals surface area (Å²) in [6, 6.07) is 0.351. The highest BCUT2D eigenvalue weighted by molar-refractivity contribution is 7.99. The molecule has 0 heterocycles. The minimum atomic E-state index is -0.107. The largest absolute Gasteiger partial charge is 0.392 e. The molecule has 2 N–H and O–H groups in total. The molecule has 0 aromatic rings. The fourth-order valence-electron chi connectivity index (χ4n) is 1.66. The average molecular weight is 201 g/mol. The number of nitrogens with one attached hydrogen (secondary N) is 1. The van der Waals surface area contributed by atoms with E-state index in [1.165, 1.54) is 6.42 Å². The molecule has 0 radical (unpaired) electrons. The number of hydrogen-bond donors (Lipinski definition) is 2. The molecular weight excluding hydrogens is 182 g/mol. The first-order chi connectivity index (χ1) is 6.34. The molecule has 2 unspecified atom stereocenters. The highest BCUT2D eigenvalue weighted by Crippen LogP contribution is 2.18. The molecule has 1 fully saturated rings. The smallest absolute Gasteiger partial charge is 0.0693 e. The third-order valence-corrected chi connectivity index (χ3v) is 3.33. The molecule has 0 saturated heterocycles. The lowest BCUT2D eigenvalue weighted by molar-refractivity contribution is 0.150. The van der Waals surface area contributed by atoms with Gasteiger partial charge in [-0.15, -0.1) is 6.58 Å². The van der Waals surface area contributed by atoms with Gasteiger partial charge in [-0.1, -0.05) is 6.08 Å². The summed E-state index contributed by atoms with van der Waals surface area (Å²) in [6.07, 6.45) is 5.09. The minimum Gasteiger partial charge on any atom is -0.392 e. The van der Waals surface area contributed by atoms with Crippen LogP contribution in [0.4, 0.5) is 0 Å². The molecular formula is C10H19NOS. The molecule has 3 heteroatoms. The van der Waals surface area contributed by atoms with E-state index in [-0.39, 0.29) is 6.10 Å². The quantitative estimate of drug-likeness (QED) is 0.503. The zero-order chi connectivity index (χ0) is 9.52. The van der Waals surface area contributed by atoms with E-state index in [2.05, 4.69) is 11.9 Å². The molecule has 0 bridgehead atoms. The summed E-state index contributed by atoms with van der Waals surface area (Å²) in [5.74, 6) is 2.13. The maximum Gasteiger partial charge on any atom is 0.0693 e. The van der Waals surface area contributed by atoms with Crippen LogP contribution in [0.25, 0.3) is 0 Å². The standard InChI is InChI=1S/C10H19NOS/c1-2-7-13-8-6-11-9-4-3-5-10(9)12/h2,9-12H,1,3-8H2. The Morgan fingerprint density at radius 2 is 2.38 bits per heavy atom. The molecule has 1 saturated carbocycles. The third kappa shape index (κ3) is 4.16. The van der Waals surface area contributed by atoms with Gasteiger partial charge < -0.3 is 10.4 Å². The van der Waals surface area contributed by atoms with Crippen LogP contribution in [0.3, 0.4) is 0 Å². The second-order valence-corrected chi connectivity index (χ2v) is 4.57. The van der Waals surface area contributed by atoms with Crippen molar-refractivity contribution in [2.75, 3.05) is 18.1 Å². The minimum absolute atomic E-state index is 0.107. The Bertz CT molecular complexity index is 152. The topological polar surface area (TPSA) is 32.3 Å². The van der Waals surface area contributed by atoms with Crippen molar-refractivity contribution in [1.82, 2.24) is 5.32 Å². The molecule has 76 valence electrons. The summed E-state index contributed by atoms with van der Waals surface area (Å²) in [6.45, 7) is 4.67. The first-order valence-electron chi connectivity index (χ1n) is 4.94.